The van der Waals surface area contributed by atoms with Crippen LogP contribution < -0.4 is 11.1 Å². The van der Waals surface area contributed by atoms with Crippen LogP contribution in [0.2, 0.25) is 10.0 Å². The Morgan fingerprint density at radius 3 is 2.57 bits per heavy atom. The Labute approximate surface area is 165 Å². The summed E-state index contributed by atoms with van der Waals surface area (Å²) in [5.74, 6) is 1.21. The molecule has 2 rings (SSSR count). The van der Waals surface area contributed by atoms with E-state index in [0.29, 0.717) is 22.0 Å². The van der Waals surface area contributed by atoms with Crippen LogP contribution >= 0.6 is 47.2 Å². The molecule has 0 heterocycles. The number of benzene rings is 1. The van der Waals surface area contributed by atoms with Crippen LogP contribution in [-0.2, 0) is 0 Å². The Morgan fingerprint density at radius 2 is 2.04 bits per heavy atom. The van der Waals surface area contributed by atoms with Gasteiger partial charge in [0.1, 0.15) is 0 Å². The van der Waals surface area contributed by atoms with Crippen molar-refractivity contribution >= 4 is 53.1 Å². The molecular formula is C16H25Cl2IN4. The Kier molecular flexibility index (Phi) is 8.41. The van der Waals surface area contributed by atoms with Gasteiger partial charge in [-0.25, -0.2) is 0 Å². The Bertz CT molecular complexity index is 545. The van der Waals surface area contributed by atoms with Crippen LogP contribution in [0.4, 0.5) is 0 Å². The molecule has 7 heteroatoms. The molecule has 130 valence electrons. The third-order valence-corrected chi connectivity index (χ3v) is 4.63. The van der Waals surface area contributed by atoms with E-state index in [-0.39, 0.29) is 30.0 Å². The fourth-order valence-corrected chi connectivity index (χ4v) is 3.18. The molecule has 0 saturated heterocycles. The van der Waals surface area contributed by atoms with Crippen LogP contribution in [0.3, 0.4) is 0 Å². The summed E-state index contributed by atoms with van der Waals surface area (Å²) in [6.45, 7) is 2.72. The first-order valence-electron chi connectivity index (χ1n) is 7.56. The summed E-state index contributed by atoms with van der Waals surface area (Å²) in [7, 11) is 4.19. The number of nitrogens with two attached hydrogens (primary N) is 1. The number of hydrogen-bond donors (Lipinski definition) is 2. The zero-order valence-electron chi connectivity index (χ0n) is 13.7. The van der Waals surface area contributed by atoms with Crippen molar-refractivity contribution in [2.75, 3.05) is 20.6 Å². The Balaban J connectivity index is 0.00000264. The molecule has 1 aliphatic rings. The molecule has 3 N–H and O–H groups in total. The molecule has 1 saturated carbocycles. The van der Waals surface area contributed by atoms with Crippen molar-refractivity contribution < 1.29 is 0 Å². The molecule has 2 atom stereocenters. The monoisotopic (exact) mass is 470 g/mol. The molecule has 1 aromatic carbocycles. The second-order valence-electron chi connectivity index (χ2n) is 6.13. The number of hydrogen-bond acceptors (Lipinski definition) is 2. The summed E-state index contributed by atoms with van der Waals surface area (Å²) in [6, 6.07) is 5.91. The van der Waals surface area contributed by atoms with E-state index >= 15 is 0 Å². The molecule has 0 radical (unpaired) electrons. The number of aliphatic imine (C=N–C) groups is 1. The highest BCUT2D eigenvalue weighted by Gasteiger charge is 2.32. The van der Waals surface area contributed by atoms with Crippen LogP contribution in [0.25, 0.3) is 0 Å². The van der Waals surface area contributed by atoms with E-state index in [4.69, 9.17) is 28.9 Å². The zero-order valence-corrected chi connectivity index (χ0v) is 17.6. The van der Waals surface area contributed by atoms with E-state index in [1.807, 2.05) is 19.1 Å². The lowest BCUT2D eigenvalue weighted by Crippen LogP contribution is -2.37. The zero-order chi connectivity index (χ0) is 16.3. The van der Waals surface area contributed by atoms with Gasteiger partial charge in [0.25, 0.3) is 0 Å². The van der Waals surface area contributed by atoms with E-state index in [2.05, 4.69) is 29.3 Å². The molecule has 0 amide bonds. The number of halogens is 3. The van der Waals surface area contributed by atoms with Crippen molar-refractivity contribution in [3.63, 3.8) is 0 Å². The van der Waals surface area contributed by atoms with Crippen LogP contribution in [0.15, 0.2) is 23.2 Å². The molecule has 1 aromatic rings. The lowest BCUT2D eigenvalue weighted by atomic mass is 10.1. The minimum absolute atomic E-state index is 0. The first kappa shape index (κ1) is 20.8. The van der Waals surface area contributed by atoms with Crippen molar-refractivity contribution in [2.24, 2.45) is 16.6 Å². The summed E-state index contributed by atoms with van der Waals surface area (Å²) >= 11 is 12.1. The maximum atomic E-state index is 6.21. The first-order chi connectivity index (χ1) is 10.4. The molecule has 2 unspecified atom stereocenters. The van der Waals surface area contributed by atoms with E-state index in [9.17, 15) is 0 Å². The highest BCUT2D eigenvalue weighted by Crippen LogP contribution is 2.34. The maximum Gasteiger partial charge on any atom is 0.189 e. The number of likely N-dealkylation sites (N-methyl/N-ethyl adjacent to an activating group) is 1. The number of guanidine groups is 1. The highest BCUT2D eigenvalue weighted by atomic mass is 127. The minimum Gasteiger partial charge on any atom is -0.370 e. The van der Waals surface area contributed by atoms with Gasteiger partial charge in [-0.2, -0.15) is 0 Å². The number of nitrogens with one attached hydrogen (secondary N) is 1. The SMILES string of the molecule is CC(NC(N)=NCC(C1CC1)N(C)C)c1ccc(Cl)cc1Cl.I. The van der Waals surface area contributed by atoms with E-state index in [1.165, 1.54) is 12.8 Å². The van der Waals surface area contributed by atoms with Crippen molar-refractivity contribution in [2.45, 2.75) is 31.8 Å². The third kappa shape index (κ3) is 6.29. The second kappa shape index (κ2) is 9.30. The van der Waals surface area contributed by atoms with Gasteiger partial charge in [0, 0.05) is 16.1 Å². The summed E-state index contributed by atoms with van der Waals surface area (Å²) in [6.07, 6.45) is 2.59. The predicted molar refractivity (Wildman–Crippen MR) is 110 cm³/mol. The van der Waals surface area contributed by atoms with E-state index in [1.54, 1.807) is 6.07 Å². The predicted octanol–water partition coefficient (Wildman–Crippen LogP) is 3.92. The fraction of sp³-hybridized carbons (Fsp3) is 0.562. The van der Waals surface area contributed by atoms with Gasteiger partial charge in [0.2, 0.25) is 0 Å². The summed E-state index contributed by atoms with van der Waals surface area (Å²) in [5, 5.41) is 4.45. The quantitative estimate of drug-likeness (QED) is 0.376. The molecule has 1 aliphatic carbocycles. The summed E-state index contributed by atoms with van der Waals surface area (Å²) in [4.78, 5) is 6.72. The van der Waals surface area contributed by atoms with Gasteiger partial charge in [-0.1, -0.05) is 29.3 Å². The lowest BCUT2D eigenvalue weighted by Gasteiger charge is -2.23. The van der Waals surface area contributed by atoms with Gasteiger partial charge < -0.3 is 16.0 Å². The van der Waals surface area contributed by atoms with Crippen LogP contribution in [0.1, 0.15) is 31.4 Å². The van der Waals surface area contributed by atoms with Gasteiger partial charge in [-0.15, -0.1) is 24.0 Å². The van der Waals surface area contributed by atoms with E-state index in [0.717, 1.165) is 18.0 Å². The maximum absolute atomic E-state index is 6.21. The summed E-state index contributed by atoms with van der Waals surface area (Å²) < 4.78 is 0. The molecule has 1 fully saturated rings. The topological polar surface area (TPSA) is 53.6 Å². The Hall–Kier alpha value is -0.240. The lowest BCUT2D eigenvalue weighted by molar-refractivity contribution is 0.271. The van der Waals surface area contributed by atoms with Crippen LogP contribution in [-0.4, -0.2) is 37.5 Å². The Morgan fingerprint density at radius 1 is 1.39 bits per heavy atom. The first-order valence-corrected chi connectivity index (χ1v) is 8.32. The smallest absolute Gasteiger partial charge is 0.189 e. The van der Waals surface area contributed by atoms with Gasteiger partial charge in [-0.3, -0.25) is 4.99 Å². The van der Waals surface area contributed by atoms with Gasteiger partial charge in [-0.05, 0) is 57.5 Å². The highest BCUT2D eigenvalue weighted by molar-refractivity contribution is 14.0. The number of nitrogens with zero attached hydrogens (tertiary/aromatic N) is 2. The van der Waals surface area contributed by atoms with Crippen molar-refractivity contribution in [3.8, 4) is 0 Å². The molecular weight excluding hydrogens is 446 g/mol. The molecule has 0 aromatic heterocycles. The van der Waals surface area contributed by atoms with E-state index < -0.39 is 0 Å². The molecule has 0 spiro atoms. The van der Waals surface area contributed by atoms with Gasteiger partial charge in [0.05, 0.1) is 12.6 Å². The van der Waals surface area contributed by atoms with Gasteiger partial charge in [0.15, 0.2) is 5.96 Å². The average Bonchev–Trinajstić information content (AvgIpc) is 3.22. The third-order valence-electron chi connectivity index (χ3n) is 4.07. The normalized spacial score (nSPS) is 17.6. The largest absolute Gasteiger partial charge is 0.370 e. The fourth-order valence-electron chi connectivity index (χ4n) is 2.60. The average molecular weight is 471 g/mol. The van der Waals surface area contributed by atoms with Crippen molar-refractivity contribution in [1.82, 2.24) is 10.2 Å². The van der Waals surface area contributed by atoms with Crippen LogP contribution in [0, 0.1) is 5.92 Å². The molecule has 4 nitrogen and oxygen atoms in total. The second-order valence-corrected chi connectivity index (χ2v) is 6.97. The van der Waals surface area contributed by atoms with Crippen molar-refractivity contribution in [3.05, 3.63) is 33.8 Å². The molecule has 0 bridgehead atoms. The van der Waals surface area contributed by atoms with Crippen LogP contribution in [0.5, 0.6) is 0 Å². The van der Waals surface area contributed by atoms with Crippen molar-refractivity contribution in [1.29, 1.82) is 0 Å². The molecule has 23 heavy (non-hydrogen) atoms. The summed E-state index contributed by atoms with van der Waals surface area (Å²) in [5.41, 5.74) is 6.97. The van der Waals surface area contributed by atoms with Gasteiger partial charge >= 0.3 is 0 Å². The standard InChI is InChI=1S/C16H24Cl2N4.HI/c1-10(13-7-6-12(17)8-14(13)18)21-16(19)20-9-15(22(2)3)11-4-5-11;/h6-8,10-11,15H,4-5,9H2,1-3H3,(H3,19,20,21);1H. The number of rotatable bonds is 6. The minimum atomic E-state index is -0.0211. The molecule has 0 aliphatic heterocycles.